The van der Waals surface area contributed by atoms with Crippen LogP contribution in [-0.2, 0) is 0 Å². The summed E-state index contributed by atoms with van der Waals surface area (Å²) in [5.74, 6) is 2.06. The highest BCUT2D eigenvalue weighted by Crippen LogP contribution is 2.29. The second kappa shape index (κ2) is 8.68. The summed E-state index contributed by atoms with van der Waals surface area (Å²) >= 11 is 0. The van der Waals surface area contributed by atoms with Gasteiger partial charge >= 0.3 is 0 Å². The average molecular weight is 323 g/mol. The number of hydrogen-bond donors (Lipinski definition) is 0. The van der Waals surface area contributed by atoms with E-state index in [4.69, 9.17) is 9.73 Å². The van der Waals surface area contributed by atoms with Gasteiger partial charge in [0.1, 0.15) is 5.75 Å². The molecule has 0 saturated heterocycles. The van der Waals surface area contributed by atoms with Crippen LogP contribution in [0.3, 0.4) is 0 Å². The Balaban J connectivity index is 2.08. The molecular formula is C22H29NO. The molecule has 0 N–H and O–H groups in total. The first-order valence-corrected chi connectivity index (χ1v) is 8.83. The predicted molar refractivity (Wildman–Crippen MR) is 104 cm³/mol. The Morgan fingerprint density at radius 3 is 2.33 bits per heavy atom. The number of hydrogen-bond acceptors (Lipinski definition) is 2. The lowest BCUT2D eigenvalue weighted by molar-refractivity contribution is 0.289. The van der Waals surface area contributed by atoms with Gasteiger partial charge in [0, 0.05) is 6.21 Å². The van der Waals surface area contributed by atoms with Gasteiger partial charge in [0.25, 0.3) is 0 Å². The summed E-state index contributed by atoms with van der Waals surface area (Å²) in [7, 11) is 0. The Bertz CT molecular complexity index is 669. The molecule has 2 heteroatoms. The van der Waals surface area contributed by atoms with Crippen molar-refractivity contribution in [3.8, 4) is 5.75 Å². The molecule has 0 saturated carbocycles. The molecule has 2 aromatic carbocycles. The molecule has 0 bridgehead atoms. The highest BCUT2D eigenvalue weighted by atomic mass is 16.5. The lowest BCUT2D eigenvalue weighted by atomic mass is 9.98. The molecule has 2 aromatic rings. The van der Waals surface area contributed by atoms with Gasteiger partial charge in [0.05, 0.1) is 12.3 Å². The van der Waals surface area contributed by atoms with Crippen LogP contribution in [-0.4, -0.2) is 12.8 Å². The molecule has 0 fully saturated rings. The minimum absolute atomic E-state index is 0.466. The smallest absolute Gasteiger partial charge is 0.119 e. The Morgan fingerprint density at radius 2 is 1.71 bits per heavy atom. The van der Waals surface area contributed by atoms with Crippen molar-refractivity contribution in [3.05, 3.63) is 59.2 Å². The van der Waals surface area contributed by atoms with Crippen molar-refractivity contribution >= 4 is 11.9 Å². The largest absolute Gasteiger partial charge is 0.494 e. The van der Waals surface area contributed by atoms with E-state index in [1.807, 2.05) is 18.3 Å². The first-order chi connectivity index (χ1) is 11.5. The molecule has 0 radical (unpaired) electrons. The van der Waals surface area contributed by atoms with Crippen molar-refractivity contribution in [1.82, 2.24) is 0 Å². The lowest BCUT2D eigenvalue weighted by Gasteiger charge is -2.11. The van der Waals surface area contributed by atoms with Crippen molar-refractivity contribution in [2.75, 3.05) is 6.61 Å². The monoisotopic (exact) mass is 323 g/mol. The zero-order chi connectivity index (χ0) is 17.5. The molecule has 2 nitrogen and oxygen atoms in total. The van der Waals surface area contributed by atoms with E-state index in [1.165, 1.54) is 11.1 Å². The van der Waals surface area contributed by atoms with Crippen LogP contribution in [0.25, 0.3) is 0 Å². The topological polar surface area (TPSA) is 21.6 Å². The van der Waals surface area contributed by atoms with E-state index < -0.39 is 0 Å². The van der Waals surface area contributed by atoms with E-state index >= 15 is 0 Å². The van der Waals surface area contributed by atoms with Crippen molar-refractivity contribution in [2.45, 2.75) is 47.0 Å². The van der Waals surface area contributed by atoms with Gasteiger partial charge in [-0.1, -0.05) is 45.9 Å². The zero-order valence-electron chi connectivity index (χ0n) is 15.5. The van der Waals surface area contributed by atoms with Crippen LogP contribution in [0.5, 0.6) is 5.75 Å². The summed E-state index contributed by atoms with van der Waals surface area (Å²) in [6.07, 6.45) is 3.01. The third kappa shape index (κ3) is 5.23. The fourth-order valence-corrected chi connectivity index (χ4v) is 2.53. The van der Waals surface area contributed by atoms with Crippen LogP contribution >= 0.6 is 0 Å². The van der Waals surface area contributed by atoms with Crippen LogP contribution in [0.1, 0.15) is 56.7 Å². The molecule has 0 unspecified atom stereocenters. The molecule has 0 aliphatic heterocycles. The van der Waals surface area contributed by atoms with Crippen LogP contribution in [0, 0.1) is 12.8 Å². The summed E-state index contributed by atoms with van der Waals surface area (Å²) in [4.78, 5) is 4.75. The van der Waals surface area contributed by atoms with E-state index in [-0.39, 0.29) is 0 Å². The molecule has 0 amide bonds. The van der Waals surface area contributed by atoms with Crippen LogP contribution in [0.4, 0.5) is 5.69 Å². The van der Waals surface area contributed by atoms with Crippen LogP contribution in [0.15, 0.2) is 47.5 Å². The van der Waals surface area contributed by atoms with Gasteiger partial charge in [-0.3, -0.25) is 4.99 Å². The zero-order valence-corrected chi connectivity index (χ0v) is 15.5. The Morgan fingerprint density at radius 1 is 1.00 bits per heavy atom. The highest BCUT2D eigenvalue weighted by molar-refractivity contribution is 5.83. The van der Waals surface area contributed by atoms with E-state index in [2.05, 4.69) is 65.0 Å². The maximum absolute atomic E-state index is 5.76. The number of aryl methyl sites for hydroxylation is 1. The maximum atomic E-state index is 5.76. The fraction of sp³-hybridized carbons (Fsp3) is 0.409. The van der Waals surface area contributed by atoms with Crippen molar-refractivity contribution in [3.63, 3.8) is 0 Å². The number of nitrogens with zero attached hydrogens (tertiary/aromatic N) is 1. The van der Waals surface area contributed by atoms with E-state index in [9.17, 15) is 0 Å². The van der Waals surface area contributed by atoms with Crippen molar-refractivity contribution in [2.24, 2.45) is 10.9 Å². The Kier molecular flexibility index (Phi) is 6.60. The molecule has 2 rings (SSSR count). The Hall–Kier alpha value is -2.09. The van der Waals surface area contributed by atoms with Crippen molar-refractivity contribution in [1.29, 1.82) is 0 Å². The Labute approximate surface area is 146 Å². The first kappa shape index (κ1) is 18.3. The minimum Gasteiger partial charge on any atom is -0.494 e. The molecule has 24 heavy (non-hydrogen) atoms. The van der Waals surface area contributed by atoms with Crippen LogP contribution in [0.2, 0.25) is 0 Å². The van der Waals surface area contributed by atoms with Gasteiger partial charge < -0.3 is 4.74 Å². The summed E-state index contributed by atoms with van der Waals surface area (Å²) in [5, 5.41) is 0. The number of ether oxygens (including phenoxy) is 1. The van der Waals surface area contributed by atoms with Crippen molar-refractivity contribution < 1.29 is 4.74 Å². The second-order valence-corrected chi connectivity index (χ2v) is 7.03. The lowest BCUT2D eigenvalue weighted by Crippen LogP contribution is -2.01. The van der Waals surface area contributed by atoms with Gasteiger partial charge in [0.2, 0.25) is 0 Å². The van der Waals surface area contributed by atoms with Gasteiger partial charge in [-0.25, -0.2) is 0 Å². The molecule has 0 aromatic heterocycles. The summed E-state index contributed by atoms with van der Waals surface area (Å²) < 4.78 is 5.76. The summed E-state index contributed by atoms with van der Waals surface area (Å²) in [6, 6.07) is 14.5. The predicted octanol–water partition coefficient (Wildman–Crippen LogP) is 6.29. The quantitative estimate of drug-likeness (QED) is 0.548. The molecule has 0 spiro atoms. The summed E-state index contributed by atoms with van der Waals surface area (Å²) in [6.45, 7) is 11.7. The normalized spacial score (nSPS) is 11.6. The average Bonchev–Trinajstić information content (AvgIpc) is 2.54. The molecule has 0 aliphatic carbocycles. The van der Waals surface area contributed by atoms with Crippen LogP contribution < -0.4 is 4.74 Å². The third-order valence-electron chi connectivity index (χ3n) is 4.08. The van der Waals surface area contributed by atoms with E-state index in [0.717, 1.165) is 30.0 Å². The maximum Gasteiger partial charge on any atom is 0.119 e. The fourth-order valence-electron chi connectivity index (χ4n) is 2.53. The summed E-state index contributed by atoms with van der Waals surface area (Å²) in [5.41, 5.74) is 4.68. The third-order valence-corrected chi connectivity index (χ3v) is 4.08. The van der Waals surface area contributed by atoms with Gasteiger partial charge in [-0.2, -0.15) is 0 Å². The van der Waals surface area contributed by atoms with Gasteiger partial charge in [0.15, 0.2) is 0 Å². The molecule has 128 valence electrons. The van der Waals surface area contributed by atoms with E-state index in [0.29, 0.717) is 11.8 Å². The molecular weight excluding hydrogens is 294 g/mol. The standard InChI is InChI=1S/C22H29NO/c1-16(2)13-14-24-20-11-9-19(10-12-20)15-23-22-18(5)7-6-8-21(22)17(3)4/h6-12,15-17H,13-14H2,1-5H3. The second-order valence-electron chi connectivity index (χ2n) is 7.03. The molecule has 0 aliphatic rings. The first-order valence-electron chi connectivity index (χ1n) is 8.83. The minimum atomic E-state index is 0.466. The number of rotatable bonds is 7. The SMILES string of the molecule is Cc1cccc(C(C)C)c1N=Cc1ccc(OCCC(C)C)cc1. The highest BCUT2D eigenvalue weighted by Gasteiger charge is 2.07. The number of para-hydroxylation sites is 1. The van der Waals surface area contributed by atoms with E-state index in [1.54, 1.807) is 0 Å². The molecule has 0 atom stereocenters. The molecule has 0 heterocycles. The number of benzene rings is 2. The number of aliphatic imine (C=N–C) groups is 1. The van der Waals surface area contributed by atoms with Gasteiger partial charge in [-0.05, 0) is 66.1 Å². The van der Waals surface area contributed by atoms with Gasteiger partial charge in [-0.15, -0.1) is 0 Å².